The molecular weight excluding hydrogens is 295 g/mol. The lowest BCUT2D eigenvalue weighted by Gasteiger charge is -2.27. The van der Waals surface area contributed by atoms with Gasteiger partial charge in [-0.3, -0.25) is 9.59 Å². The molecular formula is C10H8BrClN2O2. The van der Waals surface area contributed by atoms with Gasteiger partial charge in [0.05, 0.1) is 12.2 Å². The summed E-state index contributed by atoms with van der Waals surface area (Å²) in [6.07, 6.45) is 0. The monoisotopic (exact) mass is 302 g/mol. The van der Waals surface area contributed by atoms with Crippen molar-refractivity contribution in [1.82, 2.24) is 5.32 Å². The minimum absolute atomic E-state index is 0.0256. The van der Waals surface area contributed by atoms with E-state index in [1.165, 1.54) is 4.90 Å². The van der Waals surface area contributed by atoms with Gasteiger partial charge in [0.1, 0.15) is 6.54 Å². The Labute approximate surface area is 106 Å². The molecule has 2 rings (SSSR count). The first-order valence-corrected chi connectivity index (χ1v) is 5.77. The molecule has 2 amide bonds. The maximum atomic E-state index is 11.7. The molecule has 1 N–H and O–H groups in total. The summed E-state index contributed by atoms with van der Waals surface area (Å²) in [4.78, 5) is 24.3. The maximum absolute atomic E-state index is 11.7. The average Bonchev–Trinajstić information content (AvgIpc) is 2.25. The van der Waals surface area contributed by atoms with Gasteiger partial charge in [0.25, 0.3) is 0 Å². The molecule has 6 heteroatoms. The van der Waals surface area contributed by atoms with Gasteiger partial charge < -0.3 is 10.2 Å². The summed E-state index contributed by atoms with van der Waals surface area (Å²) in [6.45, 7) is 0.0512. The van der Waals surface area contributed by atoms with E-state index in [1.807, 2.05) is 0 Å². The van der Waals surface area contributed by atoms with Crippen molar-refractivity contribution in [2.75, 3.05) is 18.0 Å². The number of amides is 2. The number of anilines is 1. The topological polar surface area (TPSA) is 49.4 Å². The Morgan fingerprint density at radius 3 is 2.88 bits per heavy atom. The fourth-order valence-electron chi connectivity index (χ4n) is 1.47. The molecule has 1 aromatic carbocycles. The summed E-state index contributed by atoms with van der Waals surface area (Å²) < 4.78 is 0.736. The number of rotatable bonds is 1. The highest BCUT2D eigenvalue weighted by atomic mass is 79.9. The lowest BCUT2D eigenvalue weighted by Crippen LogP contribution is -2.51. The van der Waals surface area contributed by atoms with Gasteiger partial charge in [-0.25, -0.2) is 0 Å². The number of nitrogens with one attached hydrogen (secondary N) is 1. The molecule has 1 saturated heterocycles. The molecule has 16 heavy (non-hydrogen) atoms. The Balaban J connectivity index is 2.38. The van der Waals surface area contributed by atoms with E-state index >= 15 is 0 Å². The van der Waals surface area contributed by atoms with Crippen LogP contribution in [0.2, 0.25) is 5.02 Å². The molecule has 0 spiro atoms. The quantitative estimate of drug-likeness (QED) is 0.856. The summed E-state index contributed by atoms with van der Waals surface area (Å²) in [7, 11) is 0. The number of hydrogen-bond donors (Lipinski definition) is 1. The van der Waals surface area contributed by atoms with Crippen LogP contribution in [0.4, 0.5) is 5.69 Å². The Bertz CT molecular complexity index is 464. The van der Waals surface area contributed by atoms with E-state index in [0.717, 1.165) is 4.47 Å². The largest absolute Gasteiger partial charge is 0.345 e. The molecule has 0 bridgehead atoms. The van der Waals surface area contributed by atoms with Crippen LogP contribution in [0.3, 0.4) is 0 Å². The first-order chi connectivity index (χ1) is 7.58. The number of halogens is 2. The van der Waals surface area contributed by atoms with Crippen LogP contribution in [-0.4, -0.2) is 24.9 Å². The third-order valence-corrected chi connectivity index (χ3v) is 3.14. The van der Waals surface area contributed by atoms with Crippen LogP contribution in [0.1, 0.15) is 0 Å². The molecule has 0 unspecified atom stereocenters. The highest BCUT2D eigenvalue weighted by Gasteiger charge is 2.25. The summed E-state index contributed by atoms with van der Waals surface area (Å²) in [5.41, 5.74) is 0.618. The normalized spacial score (nSPS) is 16.2. The van der Waals surface area contributed by atoms with Gasteiger partial charge in [0.15, 0.2) is 0 Å². The molecule has 1 heterocycles. The summed E-state index contributed by atoms with van der Waals surface area (Å²) in [5, 5.41) is 3.01. The molecule has 0 atom stereocenters. The lowest BCUT2D eigenvalue weighted by molar-refractivity contribution is -0.128. The van der Waals surface area contributed by atoms with Crippen LogP contribution in [0, 0.1) is 0 Å². The van der Waals surface area contributed by atoms with Crippen LogP contribution >= 0.6 is 27.5 Å². The molecule has 4 nitrogen and oxygen atoms in total. The number of piperazine rings is 1. The molecule has 1 aliphatic heterocycles. The van der Waals surface area contributed by atoms with Crippen LogP contribution in [0.5, 0.6) is 0 Å². The van der Waals surface area contributed by atoms with Crippen molar-refractivity contribution in [3.8, 4) is 0 Å². The zero-order valence-electron chi connectivity index (χ0n) is 8.17. The Morgan fingerprint density at radius 1 is 1.38 bits per heavy atom. The number of carbonyl (C=O) groups excluding carboxylic acids is 2. The predicted octanol–water partition coefficient (Wildman–Crippen LogP) is 1.57. The van der Waals surface area contributed by atoms with Crippen molar-refractivity contribution in [2.24, 2.45) is 0 Å². The predicted molar refractivity (Wildman–Crippen MR) is 64.5 cm³/mol. The van der Waals surface area contributed by atoms with Crippen molar-refractivity contribution in [3.05, 3.63) is 27.7 Å². The third-order valence-electron chi connectivity index (χ3n) is 2.24. The highest BCUT2D eigenvalue weighted by molar-refractivity contribution is 9.10. The van der Waals surface area contributed by atoms with E-state index in [4.69, 9.17) is 11.6 Å². The number of carbonyl (C=O) groups is 2. The van der Waals surface area contributed by atoms with Crippen molar-refractivity contribution in [1.29, 1.82) is 0 Å². The molecule has 0 aromatic heterocycles. The number of hydrogen-bond acceptors (Lipinski definition) is 2. The molecule has 0 aliphatic carbocycles. The number of nitrogens with zero attached hydrogens (tertiary/aromatic N) is 1. The van der Waals surface area contributed by atoms with Crippen LogP contribution in [-0.2, 0) is 9.59 Å². The molecule has 0 saturated carbocycles. The molecule has 84 valence electrons. The van der Waals surface area contributed by atoms with E-state index in [-0.39, 0.29) is 24.9 Å². The maximum Gasteiger partial charge on any atom is 0.246 e. The van der Waals surface area contributed by atoms with Crippen molar-refractivity contribution >= 4 is 45.0 Å². The van der Waals surface area contributed by atoms with Gasteiger partial charge in [-0.2, -0.15) is 0 Å². The average molecular weight is 304 g/mol. The van der Waals surface area contributed by atoms with Gasteiger partial charge in [-0.15, -0.1) is 0 Å². The van der Waals surface area contributed by atoms with Crippen molar-refractivity contribution in [2.45, 2.75) is 0 Å². The number of benzene rings is 1. The smallest absolute Gasteiger partial charge is 0.246 e. The standard InChI is InChI=1S/C10H8BrClN2O2/c11-7-2-1-6(12)3-8(7)14-5-9(15)13-4-10(14)16/h1-3H,4-5H2,(H,13,15). The van der Waals surface area contributed by atoms with Gasteiger partial charge in [0.2, 0.25) is 11.8 Å². The van der Waals surface area contributed by atoms with Crippen LogP contribution in [0.15, 0.2) is 22.7 Å². The zero-order chi connectivity index (χ0) is 11.7. The molecule has 0 radical (unpaired) electrons. The minimum Gasteiger partial charge on any atom is -0.345 e. The van der Waals surface area contributed by atoms with Gasteiger partial charge in [-0.05, 0) is 34.1 Å². The second-order valence-corrected chi connectivity index (χ2v) is 4.64. The second-order valence-electron chi connectivity index (χ2n) is 3.35. The molecule has 1 aromatic rings. The second kappa shape index (κ2) is 4.43. The van der Waals surface area contributed by atoms with Crippen molar-refractivity contribution < 1.29 is 9.59 Å². The van der Waals surface area contributed by atoms with Crippen LogP contribution < -0.4 is 10.2 Å². The minimum atomic E-state index is -0.175. The molecule has 1 aliphatic rings. The van der Waals surface area contributed by atoms with Gasteiger partial charge >= 0.3 is 0 Å². The van der Waals surface area contributed by atoms with E-state index in [2.05, 4.69) is 21.2 Å². The van der Waals surface area contributed by atoms with E-state index in [9.17, 15) is 9.59 Å². The van der Waals surface area contributed by atoms with Gasteiger partial charge in [-0.1, -0.05) is 11.6 Å². The summed E-state index contributed by atoms with van der Waals surface area (Å²) in [5.74, 6) is -0.325. The van der Waals surface area contributed by atoms with E-state index in [0.29, 0.717) is 10.7 Å². The first-order valence-electron chi connectivity index (χ1n) is 4.60. The fourth-order valence-corrected chi connectivity index (χ4v) is 2.10. The summed E-state index contributed by atoms with van der Waals surface area (Å²) in [6, 6.07) is 5.11. The Morgan fingerprint density at radius 2 is 2.12 bits per heavy atom. The van der Waals surface area contributed by atoms with Crippen LogP contribution in [0.25, 0.3) is 0 Å². The van der Waals surface area contributed by atoms with Crippen molar-refractivity contribution in [3.63, 3.8) is 0 Å². The van der Waals surface area contributed by atoms with Gasteiger partial charge in [0, 0.05) is 9.50 Å². The third kappa shape index (κ3) is 2.20. The van der Waals surface area contributed by atoms with E-state index in [1.54, 1.807) is 18.2 Å². The SMILES string of the molecule is O=C1CN(c2cc(Cl)ccc2Br)C(=O)CN1. The summed E-state index contributed by atoms with van der Waals surface area (Å²) >= 11 is 9.19. The molecule has 1 fully saturated rings. The van der Waals surface area contributed by atoms with E-state index < -0.39 is 0 Å². The lowest BCUT2D eigenvalue weighted by atomic mass is 10.2. The Hall–Kier alpha value is -1.07. The Kier molecular flexibility index (Phi) is 3.16. The highest BCUT2D eigenvalue weighted by Crippen LogP contribution is 2.29. The first kappa shape index (κ1) is 11.4. The zero-order valence-corrected chi connectivity index (χ0v) is 10.5. The fraction of sp³-hybridized carbons (Fsp3) is 0.200.